The first-order chi connectivity index (χ1) is 9.22. The molecule has 0 unspecified atom stereocenters. The van der Waals surface area contributed by atoms with E-state index in [1.165, 1.54) is 32.1 Å². The van der Waals surface area contributed by atoms with E-state index in [2.05, 4.69) is 34.7 Å². The molecule has 1 aromatic heterocycles. The molecule has 0 aliphatic heterocycles. The summed E-state index contributed by atoms with van der Waals surface area (Å²) in [4.78, 5) is 0. The summed E-state index contributed by atoms with van der Waals surface area (Å²) >= 11 is 0. The lowest BCUT2D eigenvalue weighted by atomic mass is 9.76. The number of hydrogen-bond acceptors (Lipinski definition) is 5. The molecule has 0 aromatic carbocycles. The first kappa shape index (κ1) is 14.3. The van der Waals surface area contributed by atoms with Crippen molar-refractivity contribution in [3.05, 3.63) is 5.89 Å². The summed E-state index contributed by atoms with van der Waals surface area (Å²) in [7, 11) is 0. The fourth-order valence-corrected chi connectivity index (χ4v) is 2.64. The number of anilines is 1. The van der Waals surface area contributed by atoms with Crippen LogP contribution in [0.3, 0.4) is 0 Å². The summed E-state index contributed by atoms with van der Waals surface area (Å²) in [5.74, 6) is 0.657. The van der Waals surface area contributed by atoms with Crippen LogP contribution in [0.25, 0.3) is 0 Å². The van der Waals surface area contributed by atoms with Gasteiger partial charge < -0.3 is 15.1 Å². The Hall–Kier alpha value is -1.10. The second-order valence-corrected chi connectivity index (χ2v) is 5.90. The van der Waals surface area contributed by atoms with Gasteiger partial charge in [-0.2, -0.15) is 0 Å². The lowest BCUT2D eigenvalue weighted by molar-refractivity contribution is 0.231. The molecule has 1 aliphatic rings. The highest BCUT2D eigenvalue weighted by molar-refractivity contribution is 5.17. The zero-order valence-electron chi connectivity index (χ0n) is 12.2. The average Bonchev–Trinajstić information content (AvgIpc) is 2.86. The van der Waals surface area contributed by atoms with E-state index in [0.29, 0.717) is 23.9 Å². The van der Waals surface area contributed by atoms with Gasteiger partial charge in [-0.15, -0.1) is 5.10 Å². The van der Waals surface area contributed by atoms with E-state index < -0.39 is 0 Å². The monoisotopic (exact) mass is 266 g/mol. The van der Waals surface area contributed by atoms with Crippen LogP contribution in [0.1, 0.15) is 58.3 Å². The van der Waals surface area contributed by atoms with E-state index in [4.69, 9.17) is 4.42 Å². The summed E-state index contributed by atoms with van der Waals surface area (Å²) in [5, 5.41) is 14.6. The minimum Gasteiger partial charge on any atom is -0.407 e. The molecule has 0 spiro atoms. The van der Waals surface area contributed by atoms with Crippen molar-refractivity contribution in [3.8, 4) is 0 Å². The standard InChI is InChI=1S/C14H26N4O/c1-3-9-15-10-12-17-18-13(19-12)16-11-14(2)7-5-4-6-8-14/h15H,3-11H2,1-2H3,(H,16,18). The Morgan fingerprint density at radius 2 is 2.00 bits per heavy atom. The molecule has 1 saturated carbocycles. The van der Waals surface area contributed by atoms with Gasteiger partial charge in [-0.1, -0.05) is 38.2 Å². The molecule has 5 heteroatoms. The molecule has 19 heavy (non-hydrogen) atoms. The number of aromatic nitrogens is 2. The highest BCUT2D eigenvalue weighted by atomic mass is 16.4. The minimum absolute atomic E-state index is 0.382. The highest BCUT2D eigenvalue weighted by Crippen LogP contribution is 2.35. The Kier molecular flexibility index (Phi) is 5.19. The molecule has 0 radical (unpaired) electrons. The van der Waals surface area contributed by atoms with E-state index >= 15 is 0 Å². The molecular weight excluding hydrogens is 240 g/mol. The van der Waals surface area contributed by atoms with Crippen LogP contribution >= 0.6 is 0 Å². The predicted molar refractivity (Wildman–Crippen MR) is 76.0 cm³/mol. The van der Waals surface area contributed by atoms with Crippen molar-refractivity contribution in [1.29, 1.82) is 0 Å². The fourth-order valence-electron chi connectivity index (χ4n) is 2.64. The fraction of sp³-hybridized carbons (Fsp3) is 0.857. The third-order valence-corrected chi connectivity index (χ3v) is 3.90. The zero-order valence-corrected chi connectivity index (χ0v) is 12.2. The maximum Gasteiger partial charge on any atom is 0.315 e. The Morgan fingerprint density at radius 3 is 2.74 bits per heavy atom. The van der Waals surface area contributed by atoms with Gasteiger partial charge in [-0.05, 0) is 31.2 Å². The van der Waals surface area contributed by atoms with Crippen molar-refractivity contribution >= 4 is 6.01 Å². The van der Waals surface area contributed by atoms with Crippen molar-refractivity contribution in [2.75, 3.05) is 18.4 Å². The van der Waals surface area contributed by atoms with Gasteiger partial charge in [-0.25, -0.2) is 0 Å². The van der Waals surface area contributed by atoms with Gasteiger partial charge in [0, 0.05) is 6.54 Å². The molecule has 2 N–H and O–H groups in total. The minimum atomic E-state index is 0.382. The van der Waals surface area contributed by atoms with Crippen LogP contribution in [-0.2, 0) is 6.54 Å². The summed E-state index contributed by atoms with van der Waals surface area (Å²) in [6.45, 7) is 7.04. The van der Waals surface area contributed by atoms with Crippen molar-refractivity contribution < 1.29 is 4.42 Å². The topological polar surface area (TPSA) is 63.0 Å². The van der Waals surface area contributed by atoms with E-state index in [9.17, 15) is 0 Å². The first-order valence-corrected chi connectivity index (χ1v) is 7.49. The van der Waals surface area contributed by atoms with Crippen LogP contribution in [0.5, 0.6) is 0 Å². The van der Waals surface area contributed by atoms with E-state index in [-0.39, 0.29) is 0 Å². The van der Waals surface area contributed by atoms with E-state index in [1.807, 2.05) is 0 Å². The normalized spacial score (nSPS) is 18.4. The second-order valence-electron chi connectivity index (χ2n) is 5.90. The van der Waals surface area contributed by atoms with Crippen LogP contribution < -0.4 is 10.6 Å². The Labute approximate surface area is 115 Å². The molecule has 0 bridgehead atoms. The van der Waals surface area contributed by atoms with E-state index in [1.54, 1.807) is 0 Å². The Morgan fingerprint density at radius 1 is 1.21 bits per heavy atom. The number of hydrogen-bond donors (Lipinski definition) is 2. The zero-order chi connectivity index (χ0) is 13.6. The van der Waals surface area contributed by atoms with E-state index in [0.717, 1.165) is 19.5 Å². The smallest absolute Gasteiger partial charge is 0.315 e. The summed E-state index contributed by atoms with van der Waals surface area (Å²) in [5.41, 5.74) is 0.382. The van der Waals surface area contributed by atoms with Crippen LogP contribution in [0.2, 0.25) is 0 Å². The Balaban J connectivity index is 1.76. The summed E-state index contributed by atoms with van der Waals surface area (Å²) < 4.78 is 5.57. The third kappa shape index (κ3) is 4.49. The second kappa shape index (κ2) is 6.89. The van der Waals surface area contributed by atoms with Gasteiger partial charge in [0.2, 0.25) is 5.89 Å². The molecule has 1 aliphatic carbocycles. The number of nitrogens with one attached hydrogen (secondary N) is 2. The van der Waals surface area contributed by atoms with Gasteiger partial charge in [0.25, 0.3) is 0 Å². The quantitative estimate of drug-likeness (QED) is 0.743. The number of rotatable bonds is 7. The molecule has 2 rings (SSSR count). The van der Waals surface area contributed by atoms with Crippen molar-refractivity contribution in [3.63, 3.8) is 0 Å². The molecule has 1 heterocycles. The van der Waals surface area contributed by atoms with Crippen molar-refractivity contribution in [2.24, 2.45) is 5.41 Å². The van der Waals surface area contributed by atoms with Gasteiger partial charge >= 0.3 is 6.01 Å². The van der Waals surface area contributed by atoms with Gasteiger partial charge in [0.1, 0.15) is 0 Å². The third-order valence-electron chi connectivity index (χ3n) is 3.90. The maximum atomic E-state index is 5.57. The lowest BCUT2D eigenvalue weighted by Crippen LogP contribution is -2.28. The van der Waals surface area contributed by atoms with Crippen LogP contribution in [0.4, 0.5) is 6.01 Å². The maximum absolute atomic E-state index is 5.57. The number of nitrogens with zero attached hydrogens (tertiary/aromatic N) is 2. The first-order valence-electron chi connectivity index (χ1n) is 7.49. The molecule has 1 fully saturated rings. The molecule has 0 saturated heterocycles. The molecule has 0 amide bonds. The molecule has 1 aromatic rings. The summed E-state index contributed by atoms with van der Waals surface area (Å²) in [6.07, 6.45) is 7.75. The average molecular weight is 266 g/mol. The predicted octanol–water partition coefficient (Wildman–Crippen LogP) is 2.95. The van der Waals surface area contributed by atoms with Crippen molar-refractivity contribution in [1.82, 2.24) is 15.5 Å². The van der Waals surface area contributed by atoms with Gasteiger partial charge in [0.05, 0.1) is 6.54 Å². The molecule has 108 valence electrons. The lowest BCUT2D eigenvalue weighted by Gasteiger charge is -2.33. The van der Waals surface area contributed by atoms with Gasteiger partial charge in [0.15, 0.2) is 0 Å². The van der Waals surface area contributed by atoms with Crippen LogP contribution in [0, 0.1) is 5.41 Å². The largest absolute Gasteiger partial charge is 0.407 e. The molecule has 0 atom stereocenters. The highest BCUT2D eigenvalue weighted by Gasteiger charge is 2.26. The van der Waals surface area contributed by atoms with Crippen LogP contribution in [0.15, 0.2) is 4.42 Å². The summed E-state index contributed by atoms with van der Waals surface area (Å²) in [6, 6.07) is 0.556. The molecular formula is C14H26N4O. The van der Waals surface area contributed by atoms with Crippen molar-refractivity contribution in [2.45, 2.75) is 58.9 Å². The Bertz CT molecular complexity index is 371. The molecule has 5 nitrogen and oxygen atoms in total. The van der Waals surface area contributed by atoms with Gasteiger partial charge in [-0.3, -0.25) is 0 Å². The van der Waals surface area contributed by atoms with Crippen LogP contribution in [-0.4, -0.2) is 23.3 Å². The SMILES string of the molecule is CCCNCc1nnc(NCC2(C)CCCCC2)o1.